The third-order valence-corrected chi connectivity index (χ3v) is 4.86. The molecule has 0 aromatic heterocycles. The summed E-state index contributed by atoms with van der Waals surface area (Å²) in [5, 5.41) is 9.71. The molecule has 0 radical (unpaired) electrons. The number of hydrogen-bond acceptors (Lipinski definition) is 2. The maximum atomic E-state index is 11.8. The van der Waals surface area contributed by atoms with Crippen molar-refractivity contribution in [3.63, 3.8) is 0 Å². The quantitative estimate of drug-likeness (QED) is 0.602. The first-order valence-electron chi connectivity index (χ1n) is 8.58. The zero-order chi connectivity index (χ0) is 15.0. The second-order valence-electron chi connectivity index (χ2n) is 6.44. The molecule has 0 bridgehead atoms. The van der Waals surface area contributed by atoms with Crippen LogP contribution in [0.5, 0.6) is 0 Å². The topological polar surface area (TPSA) is 40.5 Å². The van der Waals surface area contributed by atoms with Crippen LogP contribution < -0.4 is 0 Å². The SMILES string of the molecule is CCCCCCCC(C)N1CCCC1(CCC)C(=O)O. The van der Waals surface area contributed by atoms with Crippen molar-refractivity contribution >= 4 is 5.97 Å². The highest BCUT2D eigenvalue weighted by Gasteiger charge is 2.48. The number of carboxylic acid groups (broad SMARTS) is 1. The molecule has 0 saturated carbocycles. The standard InChI is InChI=1S/C17H33NO2/c1-4-6-7-8-9-11-15(3)18-14-10-13-17(18,12-5-2)16(19)20/h15H,4-14H2,1-3H3,(H,19,20). The first-order valence-corrected chi connectivity index (χ1v) is 8.58. The number of aliphatic carboxylic acids is 1. The summed E-state index contributed by atoms with van der Waals surface area (Å²) in [5.41, 5.74) is -0.572. The van der Waals surface area contributed by atoms with E-state index in [-0.39, 0.29) is 0 Å². The number of rotatable bonds is 10. The van der Waals surface area contributed by atoms with Gasteiger partial charge in [-0.05, 0) is 39.2 Å². The third kappa shape index (κ3) is 4.21. The molecule has 0 aromatic rings. The van der Waals surface area contributed by atoms with E-state index in [9.17, 15) is 9.90 Å². The van der Waals surface area contributed by atoms with E-state index in [4.69, 9.17) is 0 Å². The summed E-state index contributed by atoms with van der Waals surface area (Å²) in [4.78, 5) is 14.1. The Kier molecular flexibility index (Phi) is 7.57. The van der Waals surface area contributed by atoms with Crippen LogP contribution in [0.4, 0.5) is 0 Å². The van der Waals surface area contributed by atoms with Crippen molar-refractivity contribution in [3.8, 4) is 0 Å². The van der Waals surface area contributed by atoms with Crippen LogP contribution in [0.1, 0.15) is 85.0 Å². The summed E-state index contributed by atoms with van der Waals surface area (Å²) in [6, 6.07) is 0.404. The summed E-state index contributed by atoms with van der Waals surface area (Å²) < 4.78 is 0. The molecular weight excluding hydrogens is 250 g/mol. The van der Waals surface area contributed by atoms with Gasteiger partial charge in [0.05, 0.1) is 0 Å². The Bertz CT molecular complexity index is 293. The summed E-state index contributed by atoms with van der Waals surface area (Å²) in [6.45, 7) is 7.51. The van der Waals surface area contributed by atoms with E-state index in [0.717, 1.165) is 38.6 Å². The Labute approximate surface area is 124 Å². The highest BCUT2D eigenvalue weighted by atomic mass is 16.4. The molecule has 0 aliphatic carbocycles. The lowest BCUT2D eigenvalue weighted by Gasteiger charge is -2.39. The van der Waals surface area contributed by atoms with Crippen molar-refractivity contribution < 1.29 is 9.90 Å². The summed E-state index contributed by atoms with van der Waals surface area (Å²) >= 11 is 0. The predicted molar refractivity (Wildman–Crippen MR) is 84.1 cm³/mol. The van der Waals surface area contributed by atoms with Crippen LogP contribution in [-0.4, -0.2) is 34.1 Å². The molecule has 1 heterocycles. The number of nitrogens with zero attached hydrogens (tertiary/aromatic N) is 1. The molecule has 2 unspecified atom stereocenters. The van der Waals surface area contributed by atoms with Crippen LogP contribution in [0, 0.1) is 0 Å². The lowest BCUT2D eigenvalue weighted by atomic mass is 9.89. The number of hydrogen-bond donors (Lipinski definition) is 1. The summed E-state index contributed by atoms with van der Waals surface area (Å²) in [6.07, 6.45) is 11.2. The molecule has 3 nitrogen and oxygen atoms in total. The average molecular weight is 283 g/mol. The van der Waals surface area contributed by atoms with Gasteiger partial charge in [-0.25, -0.2) is 0 Å². The molecule has 118 valence electrons. The number of likely N-dealkylation sites (tertiary alicyclic amines) is 1. The average Bonchev–Trinajstić information content (AvgIpc) is 2.84. The smallest absolute Gasteiger partial charge is 0.324 e. The van der Waals surface area contributed by atoms with Crippen LogP contribution in [-0.2, 0) is 4.79 Å². The Morgan fingerprint density at radius 2 is 1.90 bits per heavy atom. The number of carboxylic acids is 1. The fraction of sp³-hybridized carbons (Fsp3) is 0.941. The van der Waals surface area contributed by atoms with Crippen molar-refractivity contribution in [1.29, 1.82) is 0 Å². The van der Waals surface area contributed by atoms with Crippen molar-refractivity contribution in [3.05, 3.63) is 0 Å². The Morgan fingerprint density at radius 1 is 1.20 bits per heavy atom. The van der Waals surface area contributed by atoms with E-state index in [1.807, 2.05) is 0 Å². The van der Waals surface area contributed by atoms with Crippen LogP contribution in [0.15, 0.2) is 0 Å². The maximum Gasteiger partial charge on any atom is 0.324 e. The van der Waals surface area contributed by atoms with E-state index < -0.39 is 11.5 Å². The number of carbonyl (C=O) groups is 1. The van der Waals surface area contributed by atoms with Gasteiger partial charge in [0.25, 0.3) is 0 Å². The van der Waals surface area contributed by atoms with E-state index in [1.54, 1.807) is 0 Å². The molecule has 0 aromatic carbocycles. The van der Waals surface area contributed by atoms with Crippen molar-refractivity contribution in [1.82, 2.24) is 4.90 Å². The fourth-order valence-electron chi connectivity index (χ4n) is 3.76. The molecule has 1 N–H and O–H groups in total. The molecule has 20 heavy (non-hydrogen) atoms. The fourth-order valence-corrected chi connectivity index (χ4v) is 3.76. The van der Waals surface area contributed by atoms with Crippen LogP contribution in [0.2, 0.25) is 0 Å². The Hall–Kier alpha value is -0.570. The molecule has 2 atom stereocenters. The zero-order valence-electron chi connectivity index (χ0n) is 13.7. The number of unbranched alkanes of at least 4 members (excludes halogenated alkanes) is 4. The molecular formula is C17H33NO2. The van der Waals surface area contributed by atoms with Gasteiger partial charge in [-0.15, -0.1) is 0 Å². The largest absolute Gasteiger partial charge is 0.480 e. The highest BCUT2D eigenvalue weighted by molar-refractivity contribution is 5.79. The maximum absolute atomic E-state index is 11.8. The summed E-state index contributed by atoms with van der Waals surface area (Å²) in [7, 11) is 0. The van der Waals surface area contributed by atoms with Gasteiger partial charge in [-0.1, -0.05) is 52.4 Å². The second-order valence-corrected chi connectivity index (χ2v) is 6.44. The lowest BCUT2D eigenvalue weighted by Crippen LogP contribution is -2.53. The van der Waals surface area contributed by atoms with E-state index in [1.165, 1.54) is 32.1 Å². The third-order valence-electron chi connectivity index (χ3n) is 4.86. The highest BCUT2D eigenvalue weighted by Crippen LogP contribution is 2.36. The molecule has 1 rings (SSSR count). The van der Waals surface area contributed by atoms with Crippen molar-refractivity contribution in [2.24, 2.45) is 0 Å². The van der Waals surface area contributed by atoms with Gasteiger partial charge >= 0.3 is 5.97 Å². The van der Waals surface area contributed by atoms with Gasteiger partial charge < -0.3 is 5.11 Å². The van der Waals surface area contributed by atoms with E-state index in [0.29, 0.717) is 6.04 Å². The molecule has 0 amide bonds. The molecule has 1 saturated heterocycles. The van der Waals surface area contributed by atoms with Gasteiger partial charge in [-0.2, -0.15) is 0 Å². The minimum atomic E-state index is -0.602. The van der Waals surface area contributed by atoms with E-state index >= 15 is 0 Å². The first-order chi connectivity index (χ1) is 9.58. The van der Waals surface area contributed by atoms with Gasteiger partial charge in [0.2, 0.25) is 0 Å². The summed E-state index contributed by atoms with van der Waals surface area (Å²) in [5.74, 6) is -0.602. The zero-order valence-corrected chi connectivity index (χ0v) is 13.7. The van der Waals surface area contributed by atoms with E-state index in [2.05, 4.69) is 25.7 Å². The molecule has 1 aliphatic rings. The lowest BCUT2D eigenvalue weighted by molar-refractivity contribution is -0.151. The second kappa shape index (κ2) is 8.66. The van der Waals surface area contributed by atoms with Crippen LogP contribution in [0.25, 0.3) is 0 Å². The van der Waals surface area contributed by atoms with Crippen molar-refractivity contribution in [2.75, 3.05) is 6.54 Å². The van der Waals surface area contributed by atoms with Crippen LogP contribution >= 0.6 is 0 Å². The van der Waals surface area contributed by atoms with Crippen LogP contribution in [0.3, 0.4) is 0 Å². The molecule has 0 spiro atoms. The first kappa shape index (κ1) is 17.5. The van der Waals surface area contributed by atoms with Gasteiger partial charge in [-0.3, -0.25) is 9.69 Å². The molecule has 1 aliphatic heterocycles. The van der Waals surface area contributed by atoms with Gasteiger partial charge in [0.1, 0.15) is 5.54 Å². The normalized spacial score (nSPS) is 24.9. The van der Waals surface area contributed by atoms with Gasteiger partial charge in [0, 0.05) is 6.04 Å². The van der Waals surface area contributed by atoms with Gasteiger partial charge in [0.15, 0.2) is 0 Å². The Balaban J connectivity index is 2.51. The minimum absolute atomic E-state index is 0.404. The molecule has 3 heteroatoms. The van der Waals surface area contributed by atoms with Crippen molar-refractivity contribution in [2.45, 2.75) is 96.6 Å². The monoisotopic (exact) mass is 283 g/mol. The predicted octanol–water partition coefficient (Wildman–Crippen LogP) is 4.45. The Morgan fingerprint density at radius 3 is 2.50 bits per heavy atom. The minimum Gasteiger partial charge on any atom is -0.480 e. The molecule has 1 fully saturated rings.